The standard InChI is InChI=1S/C22H25N3O3S/c1-14-3-4-17(11-15(14)2)24-22(29)25-9-7-16(8-10-25)21(26)23-18-5-6-19-20(12-18)28-13-27-19/h3-6,11-12,16H,7-10,13H2,1-2H3,(H,23,26)(H,24,29). The topological polar surface area (TPSA) is 62.8 Å². The quantitative estimate of drug-likeness (QED) is 0.742. The number of thiocarbonyl (C=S) groups is 1. The summed E-state index contributed by atoms with van der Waals surface area (Å²) in [6, 6.07) is 11.7. The van der Waals surface area contributed by atoms with E-state index in [4.69, 9.17) is 21.7 Å². The van der Waals surface area contributed by atoms with Crippen molar-refractivity contribution in [1.29, 1.82) is 0 Å². The Bertz CT molecular complexity index is 939. The van der Waals surface area contributed by atoms with Gasteiger partial charge in [-0.2, -0.15) is 0 Å². The predicted octanol–water partition coefficient (Wildman–Crippen LogP) is 4.08. The van der Waals surface area contributed by atoms with Gasteiger partial charge in [0.2, 0.25) is 12.7 Å². The van der Waals surface area contributed by atoms with Gasteiger partial charge < -0.3 is 25.0 Å². The van der Waals surface area contributed by atoms with Crippen LogP contribution in [0.4, 0.5) is 11.4 Å². The molecule has 152 valence electrons. The molecular formula is C22H25N3O3S. The first-order valence-electron chi connectivity index (χ1n) is 9.83. The van der Waals surface area contributed by atoms with Gasteiger partial charge in [0, 0.05) is 36.4 Å². The first-order chi connectivity index (χ1) is 14.0. The molecule has 2 heterocycles. The Labute approximate surface area is 176 Å². The minimum Gasteiger partial charge on any atom is -0.454 e. The molecule has 2 aromatic carbocycles. The van der Waals surface area contributed by atoms with E-state index in [0.717, 1.165) is 37.3 Å². The van der Waals surface area contributed by atoms with Crippen molar-refractivity contribution in [2.24, 2.45) is 5.92 Å². The Hall–Kier alpha value is -2.80. The van der Waals surface area contributed by atoms with Gasteiger partial charge in [0.1, 0.15) is 0 Å². The maximum atomic E-state index is 12.7. The lowest BCUT2D eigenvalue weighted by Crippen LogP contribution is -2.43. The minimum atomic E-state index is -0.0268. The fourth-order valence-electron chi connectivity index (χ4n) is 3.59. The first kappa shape index (κ1) is 19.5. The van der Waals surface area contributed by atoms with Gasteiger partial charge in [0.25, 0.3) is 0 Å². The Balaban J connectivity index is 1.28. The van der Waals surface area contributed by atoms with Crippen LogP contribution in [0.25, 0.3) is 0 Å². The van der Waals surface area contributed by atoms with E-state index in [9.17, 15) is 4.79 Å². The number of likely N-dealkylation sites (tertiary alicyclic amines) is 1. The molecule has 2 aromatic rings. The maximum absolute atomic E-state index is 12.7. The monoisotopic (exact) mass is 411 g/mol. The Morgan fingerprint density at radius 1 is 0.966 bits per heavy atom. The number of benzene rings is 2. The molecule has 1 fully saturated rings. The highest BCUT2D eigenvalue weighted by molar-refractivity contribution is 7.80. The molecule has 0 bridgehead atoms. The van der Waals surface area contributed by atoms with Crippen molar-refractivity contribution in [3.8, 4) is 11.5 Å². The molecule has 0 aromatic heterocycles. The lowest BCUT2D eigenvalue weighted by Gasteiger charge is -2.33. The van der Waals surface area contributed by atoms with Crippen LogP contribution in [0.2, 0.25) is 0 Å². The molecule has 0 saturated carbocycles. The molecule has 0 spiro atoms. The maximum Gasteiger partial charge on any atom is 0.231 e. The molecule has 7 heteroatoms. The van der Waals surface area contributed by atoms with Gasteiger partial charge in [-0.25, -0.2) is 0 Å². The van der Waals surface area contributed by atoms with Gasteiger partial charge in [-0.05, 0) is 74.3 Å². The van der Waals surface area contributed by atoms with Crippen LogP contribution in [-0.2, 0) is 4.79 Å². The number of carbonyl (C=O) groups excluding carboxylic acids is 1. The van der Waals surface area contributed by atoms with Crippen LogP contribution in [0.5, 0.6) is 11.5 Å². The lowest BCUT2D eigenvalue weighted by molar-refractivity contribution is -0.120. The fourth-order valence-corrected chi connectivity index (χ4v) is 3.89. The molecule has 29 heavy (non-hydrogen) atoms. The summed E-state index contributed by atoms with van der Waals surface area (Å²) in [7, 11) is 0. The van der Waals surface area contributed by atoms with Crippen molar-refractivity contribution in [3.63, 3.8) is 0 Å². The third-order valence-corrected chi connectivity index (χ3v) is 5.91. The van der Waals surface area contributed by atoms with Crippen LogP contribution < -0.4 is 20.1 Å². The SMILES string of the molecule is Cc1ccc(NC(=S)N2CCC(C(=O)Nc3ccc4c(c3)OCO4)CC2)cc1C. The van der Waals surface area contributed by atoms with E-state index in [-0.39, 0.29) is 18.6 Å². The van der Waals surface area contributed by atoms with Crippen LogP contribution in [0.3, 0.4) is 0 Å². The summed E-state index contributed by atoms with van der Waals surface area (Å²) >= 11 is 5.58. The fraction of sp³-hybridized carbons (Fsp3) is 0.364. The number of hydrogen-bond donors (Lipinski definition) is 2. The van der Waals surface area contributed by atoms with E-state index in [2.05, 4.69) is 41.5 Å². The minimum absolute atomic E-state index is 0.0268. The third-order valence-electron chi connectivity index (χ3n) is 5.55. The highest BCUT2D eigenvalue weighted by Gasteiger charge is 2.26. The number of amides is 1. The van der Waals surface area contributed by atoms with Crippen molar-refractivity contribution < 1.29 is 14.3 Å². The summed E-state index contributed by atoms with van der Waals surface area (Å²) in [5.74, 6) is 1.39. The van der Waals surface area contributed by atoms with Crippen molar-refractivity contribution in [3.05, 3.63) is 47.5 Å². The smallest absolute Gasteiger partial charge is 0.231 e. The zero-order valence-electron chi connectivity index (χ0n) is 16.7. The number of nitrogens with zero attached hydrogens (tertiary/aromatic N) is 1. The summed E-state index contributed by atoms with van der Waals surface area (Å²) in [5.41, 5.74) is 4.22. The van der Waals surface area contributed by atoms with Gasteiger partial charge >= 0.3 is 0 Å². The second-order valence-electron chi connectivity index (χ2n) is 7.55. The van der Waals surface area contributed by atoms with Gasteiger partial charge in [0.05, 0.1) is 0 Å². The van der Waals surface area contributed by atoms with E-state index < -0.39 is 0 Å². The molecule has 2 N–H and O–H groups in total. The van der Waals surface area contributed by atoms with Crippen molar-refractivity contribution in [2.45, 2.75) is 26.7 Å². The second-order valence-corrected chi connectivity index (χ2v) is 7.93. The molecule has 2 aliphatic rings. The number of anilines is 2. The number of aryl methyl sites for hydroxylation is 2. The first-order valence-corrected chi connectivity index (χ1v) is 10.2. The van der Waals surface area contributed by atoms with E-state index in [1.54, 1.807) is 6.07 Å². The number of ether oxygens (including phenoxy) is 2. The second kappa shape index (κ2) is 8.29. The zero-order valence-corrected chi connectivity index (χ0v) is 17.5. The number of hydrogen-bond acceptors (Lipinski definition) is 4. The number of carbonyl (C=O) groups is 1. The highest BCUT2D eigenvalue weighted by atomic mass is 32.1. The molecule has 2 aliphatic heterocycles. The zero-order chi connectivity index (χ0) is 20.4. The highest BCUT2D eigenvalue weighted by Crippen LogP contribution is 2.34. The van der Waals surface area contributed by atoms with E-state index in [1.165, 1.54) is 11.1 Å². The molecule has 0 atom stereocenters. The largest absolute Gasteiger partial charge is 0.454 e. The Kier molecular flexibility index (Phi) is 5.58. The third kappa shape index (κ3) is 4.45. The number of rotatable bonds is 3. The number of fused-ring (bicyclic) bond motifs is 1. The summed E-state index contributed by atoms with van der Waals surface area (Å²) < 4.78 is 10.7. The molecule has 0 aliphatic carbocycles. The normalized spacial score (nSPS) is 15.9. The number of nitrogens with one attached hydrogen (secondary N) is 2. The van der Waals surface area contributed by atoms with Gasteiger partial charge in [-0.1, -0.05) is 6.07 Å². The lowest BCUT2D eigenvalue weighted by atomic mass is 9.96. The molecule has 1 saturated heterocycles. The van der Waals surface area contributed by atoms with Crippen LogP contribution in [0.1, 0.15) is 24.0 Å². The van der Waals surface area contributed by atoms with Gasteiger partial charge in [-0.15, -0.1) is 0 Å². The van der Waals surface area contributed by atoms with Crippen LogP contribution in [0, 0.1) is 19.8 Å². The summed E-state index contributed by atoms with van der Waals surface area (Å²) in [5, 5.41) is 7.02. The molecule has 6 nitrogen and oxygen atoms in total. The molecule has 0 unspecified atom stereocenters. The van der Waals surface area contributed by atoms with E-state index >= 15 is 0 Å². The van der Waals surface area contributed by atoms with Crippen molar-refractivity contribution in [1.82, 2.24) is 4.90 Å². The summed E-state index contributed by atoms with van der Waals surface area (Å²) in [6.07, 6.45) is 1.54. The van der Waals surface area contributed by atoms with Crippen LogP contribution in [-0.4, -0.2) is 35.8 Å². The molecular weight excluding hydrogens is 386 g/mol. The summed E-state index contributed by atoms with van der Waals surface area (Å²) in [6.45, 7) is 5.93. The Morgan fingerprint density at radius 2 is 1.66 bits per heavy atom. The number of piperidine rings is 1. The van der Waals surface area contributed by atoms with Crippen molar-refractivity contribution >= 4 is 34.6 Å². The molecule has 4 rings (SSSR count). The van der Waals surface area contributed by atoms with Gasteiger partial charge in [-0.3, -0.25) is 4.79 Å². The van der Waals surface area contributed by atoms with E-state index in [1.807, 2.05) is 18.2 Å². The Morgan fingerprint density at radius 3 is 2.41 bits per heavy atom. The van der Waals surface area contributed by atoms with Gasteiger partial charge in [0.15, 0.2) is 16.6 Å². The molecule has 1 amide bonds. The average molecular weight is 412 g/mol. The van der Waals surface area contributed by atoms with E-state index in [0.29, 0.717) is 16.6 Å². The molecule has 0 radical (unpaired) electrons. The summed E-state index contributed by atoms with van der Waals surface area (Å²) in [4.78, 5) is 14.8. The van der Waals surface area contributed by atoms with Crippen LogP contribution in [0.15, 0.2) is 36.4 Å². The van der Waals surface area contributed by atoms with Crippen molar-refractivity contribution in [2.75, 3.05) is 30.5 Å². The average Bonchev–Trinajstić information content (AvgIpc) is 3.18. The van der Waals surface area contributed by atoms with Crippen LogP contribution >= 0.6 is 12.2 Å². The predicted molar refractivity (Wildman–Crippen MR) is 118 cm³/mol.